The third-order valence-electron chi connectivity index (χ3n) is 4.27. The molecule has 0 aliphatic rings. The Labute approximate surface area is 158 Å². The smallest absolute Gasteiger partial charge is 0.319 e. The number of aryl methyl sites for hydroxylation is 1. The van der Waals surface area contributed by atoms with Crippen LogP contribution in [-0.2, 0) is 16.1 Å². The summed E-state index contributed by atoms with van der Waals surface area (Å²) in [5.74, 6) is -0.590. The molecule has 0 fully saturated rings. The second-order valence-electron chi connectivity index (χ2n) is 6.54. The van der Waals surface area contributed by atoms with Gasteiger partial charge in [0.05, 0.1) is 25.0 Å². The predicted octanol–water partition coefficient (Wildman–Crippen LogP) is 3.59. The Balaban J connectivity index is 1.97. The number of ether oxygens (including phenoxy) is 1. The molecule has 5 nitrogen and oxygen atoms in total. The Morgan fingerprint density at radius 1 is 1.15 bits per heavy atom. The van der Waals surface area contributed by atoms with Gasteiger partial charge in [-0.3, -0.25) is 9.69 Å². The maximum absolute atomic E-state index is 13.3. The first kappa shape index (κ1) is 18.8. The van der Waals surface area contributed by atoms with Crippen LogP contribution in [0, 0.1) is 12.7 Å². The van der Waals surface area contributed by atoms with Gasteiger partial charge in [0.2, 0.25) is 0 Å². The fourth-order valence-electron chi connectivity index (χ4n) is 2.84. The van der Waals surface area contributed by atoms with E-state index in [1.165, 1.54) is 24.8 Å². The van der Waals surface area contributed by atoms with E-state index in [4.69, 9.17) is 9.84 Å². The van der Waals surface area contributed by atoms with Gasteiger partial charge >= 0.3 is 5.97 Å². The summed E-state index contributed by atoms with van der Waals surface area (Å²) < 4.78 is 19.9. The van der Waals surface area contributed by atoms with Gasteiger partial charge in [-0.1, -0.05) is 17.7 Å². The van der Waals surface area contributed by atoms with Gasteiger partial charge in [0.15, 0.2) is 0 Å². The Bertz CT molecular complexity index is 918. The monoisotopic (exact) mass is 367 g/mol. The van der Waals surface area contributed by atoms with Crippen LogP contribution in [0.2, 0.25) is 0 Å². The molecule has 0 N–H and O–H groups in total. The summed E-state index contributed by atoms with van der Waals surface area (Å²) in [6.45, 7) is 2.72. The number of benzene rings is 2. The molecule has 0 unspecified atom stereocenters. The lowest BCUT2D eigenvalue weighted by molar-refractivity contribution is -0.141. The highest BCUT2D eigenvalue weighted by molar-refractivity contribution is 5.71. The minimum Gasteiger partial charge on any atom is -0.468 e. The molecule has 0 radical (unpaired) electrons. The fourth-order valence-corrected chi connectivity index (χ4v) is 2.84. The molecule has 0 bridgehead atoms. The highest BCUT2D eigenvalue weighted by Gasteiger charge is 2.16. The van der Waals surface area contributed by atoms with Crippen molar-refractivity contribution in [3.05, 3.63) is 71.7 Å². The summed E-state index contributed by atoms with van der Waals surface area (Å²) in [5.41, 5.74) is 4.62. The lowest BCUT2D eigenvalue weighted by atomic mass is 10.1. The Morgan fingerprint density at radius 3 is 2.44 bits per heavy atom. The summed E-state index contributed by atoms with van der Waals surface area (Å²) in [5, 5.41) is 4.71. The SMILES string of the molecule is COC(=O)CN(C)Cc1cn(-c2ccc(C)cc2)nc1-c1ccc(F)cc1. The molecule has 0 atom stereocenters. The van der Waals surface area contributed by atoms with Crippen LogP contribution in [0.4, 0.5) is 4.39 Å². The highest BCUT2D eigenvalue weighted by atomic mass is 19.1. The Kier molecular flexibility index (Phi) is 5.66. The van der Waals surface area contributed by atoms with Crippen molar-refractivity contribution in [3.63, 3.8) is 0 Å². The van der Waals surface area contributed by atoms with E-state index in [9.17, 15) is 9.18 Å². The molecule has 0 saturated carbocycles. The van der Waals surface area contributed by atoms with Crippen molar-refractivity contribution in [2.24, 2.45) is 0 Å². The van der Waals surface area contributed by atoms with Crippen molar-refractivity contribution in [2.45, 2.75) is 13.5 Å². The molecule has 2 aromatic carbocycles. The van der Waals surface area contributed by atoms with Gasteiger partial charge in [-0.15, -0.1) is 0 Å². The number of nitrogens with zero attached hydrogens (tertiary/aromatic N) is 3. The van der Waals surface area contributed by atoms with Crippen LogP contribution in [0.15, 0.2) is 54.7 Å². The summed E-state index contributed by atoms with van der Waals surface area (Å²) >= 11 is 0. The lowest BCUT2D eigenvalue weighted by Gasteiger charge is -2.14. The van der Waals surface area contributed by atoms with E-state index in [-0.39, 0.29) is 18.3 Å². The number of likely N-dealkylation sites (N-methyl/N-ethyl adjacent to an activating group) is 1. The van der Waals surface area contributed by atoms with E-state index in [1.807, 2.05) is 49.3 Å². The lowest BCUT2D eigenvalue weighted by Crippen LogP contribution is -2.26. The zero-order valence-electron chi connectivity index (χ0n) is 15.6. The predicted molar refractivity (Wildman–Crippen MR) is 102 cm³/mol. The van der Waals surface area contributed by atoms with Gasteiger partial charge < -0.3 is 4.74 Å². The number of carbonyl (C=O) groups is 1. The second-order valence-corrected chi connectivity index (χ2v) is 6.54. The molecular formula is C21H22FN3O2. The number of esters is 1. The molecule has 3 aromatic rings. The molecule has 0 spiro atoms. The van der Waals surface area contributed by atoms with E-state index in [0.717, 1.165) is 22.5 Å². The summed E-state index contributed by atoms with van der Waals surface area (Å²) in [7, 11) is 3.21. The molecule has 0 aliphatic heterocycles. The molecule has 0 saturated heterocycles. The van der Waals surface area contributed by atoms with E-state index in [0.29, 0.717) is 6.54 Å². The molecule has 27 heavy (non-hydrogen) atoms. The first-order chi connectivity index (χ1) is 13.0. The van der Waals surface area contributed by atoms with Crippen molar-refractivity contribution in [1.82, 2.24) is 14.7 Å². The molecule has 0 amide bonds. The zero-order chi connectivity index (χ0) is 19.4. The van der Waals surface area contributed by atoms with E-state index >= 15 is 0 Å². The van der Waals surface area contributed by atoms with Gasteiger partial charge in [0, 0.05) is 23.9 Å². The number of methoxy groups -OCH3 is 1. The van der Waals surface area contributed by atoms with Crippen molar-refractivity contribution < 1.29 is 13.9 Å². The van der Waals surface area contributed by atoms with Gasteiger partial charge in [-0.05, 0) is 50.4 Å². The molecule has 140 valence electrons. The molecular weight excluding hydrogens is 345 g/mol. The van der Waals surface area contributed by atoms with Crippen LogP contribution in [0.1, 0.15) is 11.1 Å². The van der Waals surface area contributed by atoms with Crippen molar-refractivity contribution in [2.75, 3.05) is 20.7 Å². The summed E-state index contributed by atoms with van der Waals surface area (Å²) in [4.78, 5) is 13.4. The molecule has 1 aromatic heterocycles. The molecule has 3 rings (SSSR count). The van der Waals surface area contributed by atoms with Crippen molar-refractivity contribution in [3.8, 4) is 16.9 Å². The zero-order valence-corrected chi connectivity index (χ0v) is 15.6. The minimum atomic E-state index is -0.299. The molecule has 1 heterocycles. The van der Waals surface area contributed by atoms with E-state index < -0.39 is 0 Å². The topological polar surface area (TPSA) is 47.4 Å². The summed E-state index contributed by atoms with van der Waals surface area (Å²) in [6, 6.07) is 14.3. The number of hydrogen-bond donors (Lipinski definition) is 0. The van der Waals surface area contributed by atoms with Crippen LogP contribution in [0.3, 0.4) is 0 Å². The van der Waals surface area contributed by atoms with Crippen LogP contribution in [0.5, 0.6) is 0 Å². The number of hydrogen-bond acceptors (Lipinski definition) is 4. The molecule has 0 aliphatic carbocycles. The number of aromatic nitrogens is 2. The Morgan fingerprint density at radius 2 is 1.81 bits per heavy atom. The number of rotatable bonds is 6. The van der Waals surface area contributed by atoms with Gasteiger partial charge in [0.1, 0.15) is 5.82 Å². The first-order valence-corrected chi connectivity index (χ1v) is 8.63. The normalized spacial score (nSPS) is 11.0. The standard InChI is InChI=1S/C21H22FN3O2/c1-15-4-10-19(11-5-15)25-13-17(12-24(2)14-20(26)27-3)21(23-25)16-6-8-18(22)9-7-16/h4-11,13H,12,14H2,1-3H3. The van der Waals surface area contributed by atoms with Crippen LogP contribution < -0.4 is 0 Å². The van der Waals surface area contributed by atoms with Crippen LogP contribution in [0.25, 0.3) is 16.9 Å². The van der Waals surface area contributed by atoms with E-state index in [1.54, 1.807) is 16.8 Å². The quantitative estimate of drug-likeness (QED) is 0.625. The van der Waals surface area contributed by atoms with Crippen LogP contribution in [-0.4, -0.2) is 41.4 Å². The molecule has 6 heteroatoms. The first-order valence-electron chi connectivity index (χ1n) is 8.63. The van der Waals surface area contributed by atoms with Gasteiger partial charge in [-0.25, -0.2) is 9.07 Å². The van der Waals surface area contributed by atoms with Crippen LogP contribution >= 0.6 is 0 Å². The largest absolute Gasteiger partial charge is 0.468 e. The van der Waals surface area contributed by atoms with Gasteiger partial charge in [0.25, 0.3) is 0 Å². The number of halogens is 1. The minimum absolute atomic E-state index is 0.176. The summed E-state index contributed by atoms with van der Waals surface area (Å²) in [6.07, 6.45) is 1.94. The maximum atomic E-state index is 13.3. The fraction of sp³-hybridized carbons (Fsp3) is 0.238. The third kappa shape index (κ3) is 4.60. The van der Waals surface area contributed by atoms with Crippen molar-refractivity contribution in [1.29, 1.82) is 0 Å². The second kappa shape index (κ2) is 8.14. The maximum Gasteiger partial charge on any atom is 0.319 e. The average molecular weight is 367 g/mol. The Hall–Kier alpha value is -2.99. The highest BCUT2D eigenvalue weighted by Crippen LogP contribution is 2.25. The van der Waals surface area contributed by atoms with Crippen molar-refractivity contribution >= 4 is 5.97 Å². The number of carbonyl (C=O) groups excluding carboxylic acids is 1. The van der Waals surface area contributed by atoms with Gasteiger partial charge in [-0.2, -0.15) is 5.10 Å². The van der Waals surface area contributed by atoms with E-state index in [2.05, 4.69) is 0 Å². The third-order valence-corrected chi connectivity index (χ3v) is 4.27. The average Bonchev–Trinajstić information content (AvgIpc) is 3.06.